The largest absolute Gasteiger partial charge is 0.404 e. The Morgan fingerprint density at radius 1 is 1.27 bits per heavy atom. The minimum Gasteiger partial charge on any atom is -0.353 e. The Kier molecular flexibility index (Phi) is 8.08. The second-order valence-electron chi connectivity index (χ2n) is 8.08. The molecule has 1 amide bonds. The summed E-state index contributed by atoms with van der Waals surface area (Å²) >= 11 is 7.52. The van der Waals surface area contributed by atoms with Crippen LogP contribution in [0.5, 0.6) is 0 Å². The van der Waals surface area contributed by atoms with Crippen molar-refractivity contribution < 1.29 is 26.4 Å². The molecule has 1 saturated carbocycles. The van der Waals surface area contributed by atoms with Gasteiger partial charge in [0.1, 0.15) is 10.9 Å². The number of benzene rings is 1. The third-order valence-electron chi connectivity index (χ3n) is 5.65. The molecule has 1 fully saturated rings. The van der Waals surface area contributed by atoms with Gasteiger partial charge >= 0.3 is 6.18 Å². The molecular weight excluding hydrogens is 499 g/mol. The van der Waals surface area contributed by atoms with E-state index < -0.39 is 27.1 Å². The van der Waals surface area contributed by atoms with E-state index in [4.69, 9.17) is 11.6 Å². The highest BCUT2D eigenvalue weighted by molar-refractivity contribution is 7.89. The lowest BCUT2D eigenvalue weighted by Gasteiger charge is -2.21. The smallest absolute Gasteiger partial charge is 0.353 e. The molecular formula is C21H25ClF3N3O3S2. The predicted molar refractivity (Wildman–Crippen MR) is 122 cm³/mol. The summed E-state index contributed by atoms with van der Waals surface area (Å²) in [6, 6.07) is 1.86. The number of hydrogen-bond donors (Lipinski definition) is 2. The lowest BCUT2D eigenvalue weighted by Crippen LogP contribution is -2.43. The lowest BCUT2D eigenvalue weighted by molar-refractivity contribution is -0.147. The number of thiazole rings is 1. The molecule has 0 saturated heterocycles. The molecule has 182 valence electrons. The first kappa shape index (κ1) is 25.9. The number of alkyl halides is 3. The van der Waals surface area contributed by atoms with Crippen LogP contribution in [0.15, 0.2) is 23.1 Å². The highest BCUT2D eigenvalue weighted by atomic mass is 35.5. The Bertz CT molecular complexity index is 1110. The number of hydrogen-bond acceptors (Lipinski definition) is 5. The first-order valence-electron chi connectivity index (χ1n) is 10.5. The molecule has 33 heavy (non-hydrogen) atoms. The second kappa shape index (κ2) is 10.3. The van der Waals surface area contributed by atoms with Crippen LogP contribution in [0.25, 0.3) is 10.4 Å². The first-order valence-corrected chi connectivity index (χ1v) is 13.2. The van der Waals surface area contributed by atoms with Gasteiger partial charge in [-0.15, -0.1) is 11.3 Å². The molecule has 12 heteroatoms. The molecule has 1 aliphatic rings. The fraction of sp³-hybridized carbons (Fsp3) is 0.524. The van der Waals surface area contributed by atoms with Crippen LogP contribution in [0.1, 0.15) is 54.5 Å². The summed E-state index contributed by atoms with van der Waals surface area (Å²) in [5.74, 6) is 0.00819. The van der Waals surface area contributed by atoms with E-state index in [2.05, 4.69) is 10.3 Å². The normalized spacial score (nSPS) is 16.5. The maximum absolute atomic E-state index is 12.9. The van der Waals surface area contributed by atoms with Crippen LogP contribution in [-0.2, 0) is 16.4 Å². The Labute approximate surface area is 200 Å². The number of carbonyl (C=O) groups is 1. The van der Waals surface area contributed by atoms with Crippen molar-refractivity contribution in [3.05, 3.63) is 33.9 Å². The number of nitrogens with one attached hydrogen (secondary N) is 2. The van der Waals surface area contributed by atoms with E-state index in [-0.39, 0.29) is 15.9 Å². The van der Waals surface area contributed by atoms with Crippen LogP contribution in [0.2, 0.25) is 5.02 Å². The second-order valence-corrected chi connectivity index (χ2v) is 11.1. The Hall–Kier alpha value is -1.69. The molecule has 1 unspecified atom stereocenters. The molecule has 0 bridgehead atoms. The van der Waals surface area contributed by atoms with Gasteiger partial charge in [-0.3, -0.25) is 4.79 Å². The molecule has 1 atom stereocenters. The van der Waals surface area contributed by atoms with Crippen molar-refractivity contribution in [2.75, 3.05) is 7.05 Å². The van der Waals surface area contributed by atoms with Crippen LogP contribution in [0.4, 0.5) is 13.2 Å². The summed E-state index contributed by atoms with van der Waals surface area (Å²) in [5.41, 5.74) is 0.955. The SMILES string of the molecule is CNC(=O)c1nc(CC2CCCCC2)c(-c2cccc(S(=O)(=O)NC(C)C(F)(F)F)c2Cl)s1. The average Bonchev–Trinajstić information content (AvgIpc) is 3.16. The zero-order valence-electron chi connectivity index (χ0n) is 18.1. The van der Waals surface area contributed by atoms with Gasteiger partial charge in [-0.05, 0) is 25.3 Å². The van der Waals surface area contributed by atoms with Gasteiger partial charge in [0, 0.05) is 12.6 Å². The molecule has 1 aliphatic carbocycles. The fourth-order valence-electron chi connectivity index (χ4n) is 3.83. The number of nitrogens with zero attached hydrogens (tertiary/aromatic N) is 1. The number of sulfonamides is 1. The molecule has 1 heterocycles. The third-order valence-corrected chi connectivity index (χ3v) is 8.88. The van der Waals surface area contributed by atoms with Gasteiger partial charge < -0.3 is 5.32 Å². The summed E-state index contributed by atoms with van der Waals surface area (Å²) in [6.45, 7) is 0.719. The van der Waals surface area contributed by atoms with Crippen molar-refractivity contribution in [1.29, 1.82) is 0 Å². The van der Waals surface area contributed by atoms with Crippen molar-refractivity contribution in [2.24, 2.45) is 5.92 Å². The number of aromatic nitrogens is 1. The highest BCUT2D eigenvalue weighted by Gasteiger charge is 2.39. The highest BCUT2D eigenvalue weighted by Crippen LogP contribution is 2.40. The number of halogens is 4. The van der Waals surface area contributed by atoms with Crippen LogP contribution >= 0.6 is 22.9 Å². The maximum atomic E-state index is 12.9. The Morgan fingerprint density at radius 2 is 1.94 bits per heavy atom. The summed E-state index contributed by atoms with van der Waals surface area (Å²) < 4.78 is 65.8. The van der Waals surface area contributed by atoms with E-state index in [1.807, 2.05) is 0 Å². The number of carbonyl (C=O) groups excluding carboxylic acids is 1. The van der Waals surface area contributed by atoms with Crippen LogP contribution in [0, 0.1) is 5.92 Å². The molecule has 0 radical (unpaired) electrons. The molecule has 3 rings (SSSR count). The van der Waals surface area contributed by atoms with Crippen molar-refractivity contribution in [1.82, 2.24) is 15.0 Å². The molecule has 2 N–H and O–H groups in total. The van der Waals surface area contributed by atoms with Gasteiger partial charge in [0.15, 0.2) is 5.01 Å². The van der Waals surface area contributed by atoms with Crippen LogP contribution in [0.3, 0.4) is 0 Å². The van der Waals surface area contributed by atoms with E-state index in [1.54, 1.807) is 10.8 Å². The van der Waals surface area contributed by atoms with E-state index in [0.717, 1.165) is 50.0 Å². The van der Waals surface area contributed by atoms with E-state index in [0.29, 0.717) is 28.5 Å². The Morgan fingerprint density at radius 3 is 2.55 bits per heavy atom. The molecule has 6 nitrogen and oxygen atoms in total. The summed E-state index contributed by atoms with van der Waals surface area (Å²) in [4.78, 5) is 16.8. The fourth-order valence-corrected chi connectivity index (χ4v) is 6.81. The van der Waals surface area contributed by atoms with Crippen molar-refractivity contribution in [3.8, 4) is 10.4 Å². The van der Waals surface area contributed by atoms with Crippen LogP contribution < -0.4 is 10.0 Å². The topological polar surface area (TPSA) is 88.2 Å². The molecule has 2 aromatic rings. The maximum Gasteiger partial charge on any atom is 0.404 e. The van der Waals surface area contributed by atoms with Gasteiger partial charge in [-0.2, -0.15) is 17.9 Å². The van der Waals surface area contributed by atoms with E-state index >= 15 is 0 Å². The van der Waals surface area contributed by atoms with Crippen LogP contribution in [-0.4, -0.2) is 38.6 Å². The van der Waals surface area contributed by atoms with Crippen molar-refractivity contribution in [2.45, 2.75) is 62.6 Å². The van der Waals surface area contributed by atoms with Crippen molar-refractivity contribution >= 4 is 38.9 Å². The predicted octanol–water partition coefficient (Wildman–Crippen LogP) is 5.18. The van der Waals surface area contributed by atoms with E-state index in [9.17, 15) is 26.4 Å². The van der Waals surface area contributed by atoms with Gasteiger partial charge in [0.25, 0.3) is 5.91 Å². The van der Waals surface area contributed by atoms with Gasteiger partial charge in [-0.1, -0.05) is 55.8 Å². The standard InChI is InChI=1S/C21H25ClF3N3O3S2/c1-12(21(23,24)25)28-33(30,31)16-10-6-9-14(17(16)22)18-15(11-13-7-4-3-5-8-13)27-20(32-18)19(29)26-2/h6,9-10,12-13,28H,3-5,7-8,11H2,1-2H3,(H,26,29). The average molecular weight is 524 g/mol. The zero-order valence-corrected chi connectivity index (χ0v) is 20.5. The van der Waals surface area contributed by atoms with E-state index in [1.165, 1.54) is 19.5 Å². The molecule has 1 aromatic heterocycles. The minimum absolute atomic E-state index is 0.212. The third kappa shape index (κ3) is 6.06. The summed E-state index contributed by atoms with van der Waals surface area (Å²) in [7, 11) is -3.07. The monoisotopic (exact) mass is 523 g/mol. The molecule has 0 spiro atoms. The van der Waals surface area contributed by atoms with Gasteiger partial charge in [0.2, 0.25) is 10.0 Å². The molecule has 0 aliphatic heterocycles. The van der Waals surface area contributed by atoms with Crippen molar-refractivity contribution in [3.63, 3.8) is 0 Å². The quantitative estimate of drug-likeness (QED) is 0.523. The summed E-state index contributed by atoms with van der Waals surface area (Å²) in [5, 5.41) is 2.53. The lowest BCUT2D eigenvalue weighted by atomic mass is 9.85. The minimum atomic E-state index is -4.75. The zero-order chi connectivity index (χ0) is 24.4. The number of rotatable bonds is 7. The number of amides is 1. The first-order chi connectivity index (χ1) is 15.4. The molecule has 1 aromatic carbocycles. The van der Waals surface area contributed by atoms with Gasteiger partial charge in [-0.25, -0.2) is 13.4 Å². The van der Waals surface area contributed by atoms with Gasteiger partial charge in [0.05, 0.1) is 15.6 Å². The Balaban J connectivity index is 2.03. The summed E-state index contributed by atoms with van der Waals surface area (Å²) in [6.07, 6.45) is 1.35.